The third kappa shape index (κ3) is 4.39. The first-order valence-electron chi connectivity index (χ1n) is 5.58. The quantitative estimate of drug-likeness (QED) is 0.492. The normalized spacial score (nSPS) is 10.6. The number of nitrogens with zero attached hydrogens (tertiary/aromatic N) is 3. The molecule has 0 radical (unpaired) electrons. The molecule has 0 aliphatic heterocycles. The van der Waals surface area contributed by atoms with Gasteiger partial charge in [-0.1, -0.05) is 17.9 Å². The van der Waals surface area contributed by atoms with Crippen LogP contribution >= 0.6 is 0 Å². The van der Waals surface area contributed by atoms with Crippen LogP contribution in [0.25, 0.3) is 0 Å². The molecule has 1 N–H and O–H groups in total. The molecule has 1 aromatic carbocycles. The first kappa shape index (κ1) is 15.7. The molecule has 0 aromatic heterocycles. The Morgan fingerprint density at radius 3 is 2.60 bits per heavy atom. The van der Waals surface area contributed by atoms with E-state index in [9.17, 15) is 13.6 Å². The van der Waals surface area contributed by atoms with E-state index < -0.39 is 17.6 Å². The molecule has 0 amide bonds. The Hall–Kier alpha value is -2.35. The molecule has 20 heavy (non-hydrogen) atoms. The Balaban J connectivity index is 2.66. The largest absolute Gasteiger partial charge is 0.376 e. The minimum Gasteiger partial charge on any atom is -0.366 e. The Kier molecular flexibility index (Phi) is 5.73. The van der Waals surface area contributed by atoms with Gasteiger partial charge in [0.05, 0.1) is 6.54 Å². The van der Waals surface area contributed by atoms with Crippen LogP contribution < -0.4 is 5.48 Å². The zero-order valence-corrected chi connectivity index (χ0v) is 11.1. The first-order valence-corrected chi connectivity index (χ1v) is 5.58. The van der Waals surface area contributed by atoms with Crippen LogP contribution in [0.3, 0.4) is 0 Å². The summed E-state index contributed by atoms with van der Waals surface area (Å²) in [6, 6.07) is 3.56. The molecule has 0 unspecified atom stereocenters. The van der Waals surface area contributed by atoms with Gasteiger partial charge in [-0.2, -0.15) is 5.48 Å². The molecule has 1 rings (SSSR count). The van der Waals surface area contributed by atoms with Crippen molar-refractivity contribution in [2.45, 2.75) is 6.54 Å². The lowest BCUT2D eigenvalue weighted by Crippen LogP contribution is -2.16. The highest BCUT2D eigenvalue weighted by molar-refractivity contribution is 5.86. The second-order valence-corrected chi connectivity index (χ2v) is 3.75. The second kappa shape index (κ2) is 7.29. The molecule has 0 saturated carbocycles. The van der Waals surface area contributed by atoms with Gasteiger partial charge >= 0.3 is 5.97 Å². The summed E-state index contributed by atoms with van der Waals surface area (Å²) in [6.45, 7) is 3.20. The molecule has 0 heterocycles. The lowest BCUT2D eigenvalue weighted by atomic mass is 10.2. The molecule has 0 spiro atoms. The summed E-state index contributed by atoms with van der Waals surface area (Å²) in [5.41, 5.74) is 1.77. The van der Waals surface area contributed by atoms with Gasteiger partial charge in [0.2, 0.25) is 0 Å². The van der Waals surface area contributed by atoms with Crippen molar-refractivity contribution in [2.24, 2.45) is 10.3 Å². The standard InChI is InChI=1S/C12H14F2N4O2/c1-8(12(19)20-15-2)16-17-18(3)7-9-10(13)5-4-6-11(9)14/h4-6,15H,1,7H2,2-3H3. The fourth-order valence-corrected chi connectivity index (χ4v) is 1.27. The van der Waals surface area contributed by atoms with Crippen LogP contribution in [0.5, 0.6) is 0 Å². The number of hydroxylamine groups is 1. The lowest BCUT2D eigenvalue weighted by Gasteiger charge is -2.12. The number of hydrogen-bond acceptors (Lipinski definition) is 5. The summed E-state index contributed by atoms with van der Waals surface area (Å²) in [7, 11) is 2.85. The van der Waals surface area contributed by atoms with E-state index in [1.54, 1.807) is 0 Å². The van der Waals surface area contributed by atoms with E-state index in [2.05, 4.69) is 27.2 Å². The first-order chi connectivity index (χ1) is 9.45. The van der Waals surface area contributed by atoms with Gasteiger partial charge < -0.3 is 4.84 Å². The average molecular weight is 284 g/mol. The highest BCUT2D eigenvalue weighted by Crippen LogP contribution is 2.14. The van der Waals surface area contributed by atoms with Crippen LogP contribution in [-0.4, -0.2) is 25.1 Å². The van der Waals surface area contributed by atoms with Crippen LogP contribution in [0.15, 0.2) is 40.8 Å². The summed E-state index contributed by atoms with van der Waals surface area (Å²) < 4.78 is 26.8. The van der Waals surface area contributed by atoms with Gasteiger partial charge in [-0.3, -0.25) is 5.01 Å². The molecule has 6 nitrogen and oxygen atoms in total. The predicted octanol–water partition coefficient (Wildman–Crippen LogP) is 1.96. The second-order valence-electron chi connectivity index (χ2n) is 3.75. The summed E-state index contributed by atoms with van der Waals surface area (Å²) in [5.74, 6) is -2.16. The van der Waals surface area contributed by atoms with Crippen molar-refractivity contribution in [1.29, 1.82) is 0 Å². The molecule has 1 aromatic rings. The van der Waals surface area contributed by atoms with Gasteiger partial charge in [0, 0.05) is 19.7 Å². The molecule has 0 aliphatic carbocycles. The van der Waals surface area contributed by atoms with Crippen LogP contribution in [0, 0.1) is 11.6 Å². The summed E-state index contributed by atoms with van der Waals surface area (Å²) in [4.78, 5) is 15.6. The van der Waals surface area contributed by atoms with Gasteiger partial charge in [0.15, 0.2) is 5.70 Å². The van der Waals surface area contributed by atoms with Gasteiger partial charge in [0.25, 0.3) is 0 Å². The number of carbonyl (C=O) groups excluding carboxylic acids is 1. The fourth-order valence-electron chi connectivity index (χ4n) is 1.27. The smallest absolute Gasteiger partial charge is 0.366 e. The minimum absolute atomic E-state index is 0.141. The number of carbonyl (C=O) groups is 1. The van der Waals surface area contributed by atoms with Crippen LogP contribution in [0.4, 0.5) is 8.78 Å². The van der Waals surface area contributed by atoms with E-state index in [0.29, 0.717) is 0 Å². The highest BCUT2D eigenvalue weighted by Gasteiger charge is 2.11. The maximum absolute atomic E-state index is 13.4. The monoisotopic (exact) mass is 284 g/mol. The number of hydrogen-bond donors (Lipinski definition) is 1. The van der Waals surface area contributed by atoms with Crippen molar-refractivity contribution in [3.8, 4) is 0 Å². The zero-order valence-electron chi connectivity index (χ0n) is 11.1. The summed E-state index contributed by atoms with van der Waals surface area (Å²) in [6.07, 6.45) is 0. The van der Waals surface area contributed by atoms with Crippen molar-refractivity contribution < 1.29 is 18.4 Å². The maximum Gasteiger partial charge on any atom is 0.376 e. The molecule has 0 saturated heterocycles. The number of rotatable bonds is 6. The number of nitrogens with one attached hydrogen (secondary N) is 1. The maximum atomic E-state index is 13.4. The van der Waals surface area contributed by atoms with Crippen LogP contribution in [0.2, 0.25) is 0 Å². The molecule has 0 fully saturated rings. The molecule has 8 heteroatoms. The van der Waals surface area contributed by atoms with Crippen molar-refractivity contribution in [1.82, 2.24) is 10.5 Å². The number of benzene rings is 1. The van der Waals surface area contributed by atoms with Gasteiger partial charge in [0.1, 0.15) is 11.6 Å². The van der Waals surface area contributed by atoms with Crippen molar-refractivity contribution >= 4 is 5.97 Å². The van der Waals surface area contributed by atoms with Crippen molar-refractivity contribution in [3.63, 3.8) is 0 Å². The molecule has 0 aliphatic rings. The molecular weight excluding hydrogens is 270 g/mol. The van der Waals surface area contributed by atoms with E-state index >= 15 is 0 Å². The van der Waals surface area contributed by atoms with Gasteiger partial charge in [-0.15, -0.1) is 5.11 Å². The van der Waals surface area contributed by atoms with E-state index in [1.165, 1.54) is 25.2 Å². The summed E-state index contributed by atoms with van der Waals surface area (Å²) in [5, 5.41) is 8.26. The Bertz CT molecular complexity index is 514. The minimum atomic E-state index is -0.804. The third-order valence-corrected chi connectivity index (χ3v) is 2.20. The van der Waals surface area contributed by atoms with E-state index in [-0.39, 0.29) is 17.8 Å². The molecule has 108 valence electrons. The Labute approximate surface area is 114 Å². The van der Waals surface area contributed by atoms with E-state index in [0.717, 1.165) is 12.1 Å². The molecule has 0 bridgehead atoms. The van der Waals surface area contributed by atoms with E-state index in [1.807, 2.05) is 0 Å². The van der Waals surface area contributed by atoms with Gasteiger partial charge in [-0.05, 0) is 12.1 Å². The van der Waals surface area contributed by atoms with Crippen LogP contribution in [0.1, 0.15) is 5.56 Å². The Morgan fingerprint density at radius 1 is 1.45 bits per heavy atom. The molecular formula is C12H14F2N4O2. The highest BCUT2D eigenvalue weighted by atomic mass is 19.1. The lowest BCUT2D eigenvalue weighted by molar-refractivity contribution is -0.145. The fraction of sp³-hybridized carbons (Fsp3) is 0.250. The Morgan fingerprint density at radius 2 is 2.05 bits per heavy atom. The van der Waals surface area contributed by atoms with Crippen molar-refractivity contribution in [3.05, 3.63) is 47.7 Å². The van der Waals surface area contributed by atoms with E-state index in [4.69, 9.17) is 0 Å². The topological polar surface area (TPSA) is 66.3 Å². The van der Waals surface area contributed by atoms with Crippen molar-refractivity contribution in [2.75, 3.05) is 14.1 Å². The third-order valence-electron chi connectivity index (χ3n) is 2.20. The SMILES string of the molecule is C=C(N=NN(C)Cc1c(F)cccc1F)C(=O)ONC. The molecule has 0 atom stereocenters. The average Bonchev–Trinajstić information content (AvgIpc) is 2.40. The number of halogens is 2. The zero-order chi connectivity index (χ0) is 15.1. The van der Waals surface area contributed by atoms with Gasteiger partial charge in [-0.25, -0.2) is 13.6 Å². The predicted molar refractivity (Wildman–Crippen MR) is 67.0 cm³/mol. The van der Waals surface area contributed by atoms with Crippen LogP contribution in [-0.2, 0) is 16.2 Å². The summed E-state index contributed by atoms with van der Waals surface area (Å²) >= 11 is 0.